The summed E-state index contributed by atoms with van der Waals surface area (Å²) in [5.74, 6) is -0.252. The molecule has 0 spiro atoms. The second-order valence-corrected chi connectivity index (χ2v) is 9.20. The first-order chi connectivity index (χ1) is 12.8. The molecule has 1 atom stereocenters. The number of benzene rings is 2. The minimum absolute atomic E-state index is 0.00971. The monoisotopic (exact) mass is 386 g/mol. The van der Waals surface area contributed by atoms with Gasteiger partial charge in [0.05, 0.1) is 12.2 Å². The Morgan fingerprint density at radius 1 is 1.07 bits per heavy atom. The van der Waals surface area contributed by atoms with Crippen molar-refractivity contribution in [1.82, 2.24) is 9.21 Å². The third-order valence-corrected chi connectivity index (χ3v) is 6.33. The van der Waals surface area contributed by atoms with Crippen molar-refractivity contribution in [3.05, 3.63) is 60.2 Å². The molecule has 3 rings (SSSR count). The van der Waals surface area contributed by atoms with E-state index in [4.69, 9.17) is 0 Å². The van der Waals surface area contributed by atoms with E-state index in [2.05, 4.69) is 24.3 Å². The van der Waals surface area contributed by atoms with Gasteiger partial charge >= 0.3 is 0 Å². The van der Waals surface area contributed by atoms with Crippen LogP contribution in [0.4, 0.5) is 0 Å². The van der Waals surface area contributed by atoms with Crippen LogP contribution >= 0.6 is 0 Å². The molecule has 5 nitrogen and oxygen atoms in total. The molecule has 1 unspecified atom stereocenters. The number of sulfonamides is 1. The zero-order valence-electron chi connectivity index (χ0n) is 15.8. The Kier molecular flexibility index (Phi) is 5.97. The van der Waals surface area contributed by atoms with Gasteiger partial charge in [0.1, 0.15) is 0 Å². The number of piperidine rings is 1. The molecule has 6 heteroatoms. The Hall–Kier alpha value is -2.18. The highest BCUT2D eigenvalue weighted by atomic mass is 32.2. The number of carbonyl (C=O) groups excluding carboxylic acids is 1. The van der Waals surface area contributed by atoms with E-state index in [1.165, 1.54) is 10.6 Å². The van der Waals surface area contributed by atoms with Crippen molar-refractivity contribution >= 4 is 15.9 Å². The quantitative estimate of drug-likeness (QED) is 0.794. The first-order valence-corrected chi connectivity index (χ1v) is 11.0. The van der Waals surface area contributed by atoms with E-state index in [1.807, 2.05) is 30.3 Å². The molecular formula is C21H26N2O3S. The van der Waals surface area contributed by atoms with Crippen LogP contribution in [0.5, 0.6) is 0 Å². The van der Waals surface area contributed by atoms with Crippen LogP contribution in [-0.2, 0) is 21.4 Å². The van der Waals surface area contributed by atoms with E-state index in [0.717, 1.165) is 29.5 Å². The molecule has 1 aliphatic rings. The van der Waals surface area contributed by atoms with Gasteiger partial charge in [-0.1, -0.05) is 54.6 Å². The normalized spacial score (nSPS) is 18.2. The summed E-state index contributed by atoms with van der Waals surface area (Å²) in [6, 6.07) is 18.4. The average molecular weight is 387 g/mol. The molecule has 1 heterocycles. The summed E-state index contributed by atoms with van der Waals surface area (Å²) in [5.41, 5.74) is 3.36. The standard InChI is InChI=1S/C21H26N2O3S/c1-22(21(24)20-9-6-14-23(16-20)27(2,25)26)15-17-10-12-19(13-11-17)18-7-4-3-5-8-18/h3-5,7-8,10-13,20H,6,9,14-16H2,1-2H3. The third kappa shape index (κ3) is 4.96. The maximum Gasteiger partial charge on any atom is 0.227 e. The fourth-order valence-electron chi connectivity index (χ4n) is 3.54. The maximum atomic E-state index is 12.8. The van der Waals surface area contributed by atoms with E-state index in [0.29, 0.717) is 13.1 Å². The lowest BCUT2D eigenvalue weighted by Gasteiger charge is -2.32. The SMILES string of the molecule is CN(Cc1ccc(-c2ccccc2)cc1)C(=O)C1CCCN(S(C)(=O)=O)C1. The Morgan fingerprint density at radius 2 is 1.70 bits per heavy atom. The first kappa shape index (κ1) is 19.6. The van der Waals surface area contributed by atoms with Crippen LogP contribution in [0.1, 0.15) is 18.4 Å². The van der Waals surface area contributed by atoms with Crippen molar-refractivity contribution in [1.29, 1.82) is 0 Å². The fraction of sp³-hybridized carbons (Fsp3) is 0.381. The highest BCUT2D eigenvalue weighted by Gasteiger charge is 2.31. The average Bonchev–Trinajstić information content (AvgIpc) is 2.68. The number of nitrogens with zero attached hydrogens (tertiary/aromatic N) is 2. The van der Waals surface area contributed by atoms with Crippen LogP contribution in [0.3, 0.4) is 0 Å². The van der Waals surface area contributed by atoms with E-state index in [1.54, 1.807) is 11.9 Å². The lowest BCUT2D eigenvalue weighted by atomic mass is 9.98. The van der Waals surface area contributed by atoms with Gasteiger partial charge in [-0.05, 0) is 29.5 Å². The Bertz CT molecular complexity index is 879. The van der Waals surface area contributed by atoms with E-state index in [-0.39, 0.29) is 18.4 Å². The zero-order chi connectivity index (χ0) is 19.4. The van der Waals surface area contributed by atoms with Gasteiger partial charge in [0, 0.05) is 26.7 Å². The molecule has 27 heavy (non-hydrogen) atoms. The molecule has 1 aliphatic heterocycles. The Labute approximate surface area is 161 Å². The van der Waals surface area contributed by atoms with Crippen molar-refractivity contribution in [2.75, 3.05) is 26.4 Å². The predicted octanol–water partition coefficient (Wildman–Crippen LogP) is 2.98. The topological polar surface area (TPSA) is 57.7 Å². The van der Waals surface area contributed by atoms with Crippen molar-refractivity contribution in [3.8, 4) is 11.1 Å². The second kappa shape index (κ2) is 8.23. The summed E-state index contributed by atoms with van der Waals surface area (Å²) in [5, 5.41) is 0. The van der Waals surface area contributed by atoms with Crippen molar-refractivity contribution in [2.24, 2.45) is 5.92 Å². The van der Waals surface area contributed by atoms with Crippen LogP contribution in [0.15, 0.2) is 54.6 Å². The summed E-state index contributed by atoms with van der Waals surface area (Å²) in [6.45, 7) is 1.31. The summed E-state index contributed by atoms with van der Waals surface area (Å²) in [6.07, 6.45) is 2.67. The Balaban J connectivity index is 1.63. The van der Waals surface area contributed by atoms with Gasteiger partial charge in [-0.15, -0.1) is 0 Å². The minimum atomic E-state index is -3.25. The van der Waals surface area contributed by atoms with Crippen molar-refractivity contribution in [2.45, 2.75) is 19.4 Å². The zero-order valence-corrected chi connectivity index (χ0v) is 16.7. The minimum Gasteiger partial charge on any atom is -0.341 e. The molecule has 2 aromatic rings. The second-order valence-electron chi connectivity index (χ2n) is 7.22. The molecule has 0 saturated carbocycles. The smallest absolute Gasteiger partial charge is 0.227 e. The van der Waals surface area contributed by atoms with Gasteiger partial charge in [0.15, 0.2) is 0 Å². The van der Waals surface area contributed by atoms with E-state index >= 15 is 0 Å². The summed E-state index contributed by atoms with van der Waals surface area (Å²) in [4.78, 5) is 14.5. The van der Waals surface area contributed by atoms with Gasteiger partial charge in [0.25, 0.3) is 0 Å². The van der Waals surface area contributed by atoms with E-state index < -0.39 is 10.0 Å². The number of rotatable bonds is 5. The highest BCUT2D eigenvalue weighted by molar-refractivity contribution is 7.88. The maximum absolute atomic E-state index is 12.8. The molecule has 0 radical (unpaired) electrons. The summed E-state index contributed by atoms with van der Waals surface area (Å²) in [7, 11) is -1.46. The lowest BCUT2D eigenvalue weighted by Crippen LogP contribution is -2.45. The Morgan fingerprint density at radius 3 is 2.33 bits per heavy atom. The molecule has 2 aromatic carbocycles. The fourth-order valence-corrected chi connectivity index (χ4v) is 4.45. The number of carbonyl (C=O) groups is 1. The number of hydrogen-bond acceptors (Lipinski definition) is 3. The summed E-state index contributed by atoms with van der Waals surface area (Å²) >= 11 is 0. The number of hydrogen-bond donors (Lipinski definition) is 0. The van der Waals surface area contributed by atoms with Gasteiger partial charge in [-0.2, -0.15) is 0 Å². The van der Waals surface area contributed by atoms with Crippen molar-refractivity contribution in [3.63, 3.8) is 0 Å². The molecule has 144 valence electrons. The first-order valence-electron chi connectivity index (χ1n) is 9.19. The van der Waals surface area contributed by atoms with Crippen LogP contribution in [0, 0.1) is 5.92 Å². The molecule has 1 amide bonds. The van der Waals surface area contributed by atoms with Crippen LogP contribution in [0.2, 0.25) is 0 Å². The molecule has 0 aliphatic carbocycles. The molecule has 0 bridgehead atoms. The predicted molar refractivity (Wildman–Crippen MR) is 107 cm³/mol. The van der Waals surface area contributed by atoms with Crippen LogP contribution < -0.4 is 0 Å². The van der Waals surface area contributed by atoms with Gasteiger partial charge in [0.2, 0.25) is 15.9 Å². The molecule has 1 fully saturated rings. The van der Waals surface area contributed by atoms with Crippen LogP contribution in [-0.4, -0.2) is 49.9 Å². The number of amides is 1. The van der Waals surface area contributed by atoms with Gasteiger partial charge < -0.3 is 4.90 Å². The van der Waals surface area contributed by atoms with Crippen molar-refractivity contribution < 1.29 is 13.2 Å². The largest absolute Gasteiger partial charge is 0.341 e. The molecule has 1 saturated heterocycles. The highest BCUT2D eigenvalue weighted by Crippen LogP contribution is 2.22. The third-order valence-electron chi connectivity index (χ3n) is 5.06. The lowest BCUT2D eigenvalue weighted by molar-refractivity contribution is -0.135. The summed E-state index contributed by atoms with van der Waals surface area (Å²) < 4.78 is 24.9. The van der Waals surface area contributed by atoms with Gasteiger partial charge in [-0.25, -0.2) is 12.7 Å². The van der Waals surface area contributed by atoms with Crippen LogP contribution in [0.25, 0.3) is 11.1 Å². The molecule has 0 aromatic heterocycles. The molecular weight excluding hydrogens is 360 g/mol. The van der Waals surface area contributed by atoms with E-state index in [9.17, 15) is 13.2 Å². The van der Waals surface area contributed by atoms with Gasteiger partial charge in [-0.3, -0.25) is 4.79 Å². The molecule has 0 N–H and O–H groups in total.